The van der Waals surface area contributed by atoms with Crippen LogP contribution in [0.15, 0.2) is 42.7 Å². The number of fused-ring (bicyclic) bond motifs is 1. The summed E-state index contributed by atoms with van der Waals surface area (Å²) in [6.07, 6.45) is 3.65. The van der Waals surface area contributed by atoms with Gasteiger partial charge in [-0.3, -0.25) is 14.8 Å². The molecule has 1 aromatic carbocycles. The van der Waals surface area contributed by atoms with Crippen LogP contribution in [-0.4, -0.2) is 59.9 Å². The summed E-state index contributed by atoms with van der Waals surface area (Å²) in [5, 5.41) is 0. The van der Waals surface area contributed by atoms with Gasteiger partial charge in [-0.05, 0) is 31.0 Å². The lowest BCUT2D eigenvalue weighted by Gasteiger charge is -2.44. The molecular formula is C21H27N3O2S. The number of hydrogen-bond acceptors (Lipinski definition) is 5. The van der Waals surface area contributed by atoms with E-state index in [1.807, 2.05) is 12.3 Å². The molecule has 2 fully saturated rings. The van der Waals surface area contributed by atoms with Crippen LogP contribution < -0.4 is 0 Å². The Labute approximate surface area is 161 Å². The number of nitrogens with zero attached hydrogens (tertiary/aromatic N) is 3. The molecule has 2 saturated heterocycles. The Kier molecular flexibility index (Phi) is 5.05. The highest BCUT2D eigenvalue weighted by Gasteiger charge is 2.46. The van der Waals surface area contributed by atoms with Crippen LogP contribution in [0.3, 0.4) is 0 Å². The van der Waals surface area contributed by atoms with E-state index in [1.165, 1.54) is 16.7 Å². The number of pyridine rings is 1. The summed E-state index contributed by atoms with van der Waals surface area (Å²) in [4.78, 5) is 8.91. The van der Waals surface area contributed by atoms with Gasteiger partial charge in [-0.25, -0.2) is 8.42 Å². The number of aromatic nitrogens is 1. The molecule has 6 heteroatoms. The minimum Gasteiger partial charge on any atom is -0.292 e. The Morgan fingerprint density at radius 2 is 1.56 bits per heavy atom. The van der Waals surface area contributed by atoms with E-state index in [2.05, 4.69) is 52.9 Å². The first kappa shape index (κ1) is 18.6. The molecule has 2 aliphatic heterocycles. The minimum absolute atomic E-state index is 0.0647. The lowest BCUT2D eigenvalue weighted by molar-refractivity contribution is 0.0354. The monoisotopic (exact) mass is 385 g/mol. The summed E-state index contributed by atoms with van der Waals surface area (Å²) < 4.78 is 24.9. The van der Waals surface area contributed by atoms with Gasteiger partial charge in [-0.2, -0.15) is 0 Å². The fraction of sp³-hybridized carbons (Fsp3) is 0.476. The third-order valence-electron chi connectivity index (χ3n) is 5.68. The molecule has 3 heterocycles. The van der Waals surface area contributed by atoms with Gasteiger partial charge in [0.15, 0.2) is 9.84 Å². The highest BCUT2D eigenvalue weighted by Crippen LogP contribution is 2.29. The molecule has 0 amide bonds. The van der Waals surface area contributed by atoms with Crippen molar-refractivity contribution in [3.8, 4) is 0 Å². The Balaban J connectivity index is 1.54. The van der Waals surface area contributed by atoms with Gasteiger partial charge in [0.1, 0.15) is 0 Å². The zero-order valence-electron chi connectivity index (χ0n) is 16.0. The molecular weight excluding hydrogens is 358 g/mol. The van der Waals surface area contributed by atoms with Crippen molar-refractivity contribution >= 4 is 9.84 Å². The fourth-order valence-corrected chi connectivity index (χ4v) is 6.65. The molecule has 27 heavy (non-hydrogen) atoms. The summed E-state index contributed by atoms with van der Waals surface area (Å²) in [7, 11) is -2.99. The van der Waals surface area contributed by atoms with Gasteiger partial charge in [-0.15, -0.1) is 0 Å². The largest absolute Gasteiger partial charge is 0.292 e. The van der Waals surface area contributed by atoms with Gasteiger partial charge in [0, 0.05) is 50.7 Å². The lowest BCUT2D eigenvalue weighted by atomic mass is 10.0. The number of aryl methyl sites for hydroxylation is 2. The van der Waals surface area contributed by atoms with Crippen LogP contribution in [0.1, 0.15) is 22.3 Å². The van der Waals surface area contributed by atoms with Crippen molar-refractivity contribution in [2.24, 2.45) is 0 Å². The van der Waals surface area contributed by atoms with Crippen molar-refractivity contribution in [2.45, 2.75) is 39.0 Å². The number of sulfone groups is 1. The number of benzene rings is 1. The Hall–Kier alpha value is -1.76. The molecule has 4 rings (SSSR count). The minimum atomic E-state index is -2.99. The quantitative estimate of drug-likeness (QED) is 0.808. The van der Waals surface area contributed by atoms with E-state index in [1.54, 1.807) is 6.20 Å². The van der Waals surface area contributed by atoms with Crippen LogP contribution >= 0.6 is 0 Å². The molecule has 2 aromatic rings. The highest BCUT2D eigenvalue weighted by molar-refractivity contribution is 7.91. The molecule has 5 nitrogen and oxygen atoms in total. The lowest BCUT2D eigenvalue weighted by Crippen LogP contribution is -2.58. The first-order valence-corrected chi connectivity index (χ1v) is 11.4. The number of piperazine rings is 1. The van der Waals surface area contributed by atoms with Crippen LogP contribution in [0.2, 0.25) is 0 Å². The maximum absolute atomic E-state index is 12.4. The number of hydrogen-bond donors (Lipinski definition) is 0. The van der Waals surface area contributed by atoms with Crippen LogP contribution in [0.4, 0.5) is 0 Å². The first-order valence-electron chi connectivity index (χ1n) is 9.54. The van der Waals surface area contributed by atoms with E-state index in [9.17, 15) is 8.42 Å². The normalized spacial score (nSPS) is 25.4. The van der Waals surface area contributed by atoms with E-state index in [0.717, 1.165) is 31.7 Å². The average molecular weight is 386 g/mol. The standard InChI is InChI=1S/C21H27N3O2S/c1-16-8-17(2)10-19(9-16)13-24-7-6-23(12-18-4-3-5-22-11-18)20-14-27(25,26)15-21(20)24/h3-5,8-11,20-21H,6-7,12-15H2,1-2H3. The van der Waals surface area contributed by atoms with Gasteiger partial charge in [0.05, 0.1) is 11.5 Å². The van der Waals surface area contributed by atoms with E-state index in [-0.39, 0.29) is 23.6 Å². The number of rotatable bonds is 4. The molecule has 0 N–H and O–H groups in total. The maximum Gasteiger partial charge on any atom is 0.153 e. The molecule has 0 aliphatic carbocycles. The highest BCUT2D eigenvalue weighted by atomic mass is 32.2. The zero-order valence-corrected chi connectivity index (χ0v) is 16.8. The van der Waals surface area contributed by atoms with Crippen molar-refractivity contribution < 1.29 is 8.42 Å². The average Bonchev–Trinajstić information content (AvgIpc) is 2.93. The second-order valence-corrected chi connectivity index (χ2v) is 10.2. The van der Waals surface area contributed by atoms with E-state index in [4.69, 9.17) is 0 Å². The summed E-state index contributed by atoms with van der Waals surface area (Å²) in [5.74, 6) is 0.535. The summed E-state index contributed by atoms with van der Waals surface area (Å²) in [6, 6.07) is 10.7. The SMILES string of the molecule is Cc1cc(C)cc(CN2CCN(Cc3cccnc3)C3CS(=O)(=O)CC32)c1. The maximum atomic E-state index is 12.4. The Bertz CT molecular complexity index is 894. The Morgan fingerprint density at radius 3 is 2.11 bits per heavy atom. The van der Waals surface area contributed by atoms with Gasteiger partial charge in [0.2, 0.25) is 0 Å². The molecule has 144 valence electrons. The fourth-order valence-electron chi connectivity index (χ4n) is 4.61. The van der Waals surface area contributed by atoms with Crippen molar-refractivity contribution in [3.05, 3.63) is 65.0 Å². The van der Waals surface area contributed by atoms with Crippen molar-refractivity contribution in [1.82, 2.24) is 14.8 Å². The molecule has 2 unspecified atom stereocenters. The van der Waals surface area contributed by atoms with Crippen LogP contribution in [0, 0.1) is 13.8 Å². The topological polar surface area (TPSA) is 53.5 Å². The summed E-state index contributed by atoms with van der Waals surface area (Å²) in [5.41, 5.74) is 4.94. The van der Waals surface area contributed by atoms with Crippen molar-refractivity contribution in [3.63, 3.8) is 0 Å². The van der Waals surface area contributed by atoms with Crippen LogP contribution in [-0.2, 0) is 22.9 Å². The third-order valence-corrected chi connectivity index (χ3v) is 7.38. The molecule has 1 aromatic heterocycles. The summed E-state index contributed by atoms with van der Waals surface area (Å²) >= 11 is 0. The van der Waals surface area contributed by atoms with E-state index < -0.39 is 9.84 Å². The zero-order chi connectivity index (χ0) is 19.0. The van der Waals surface area contributed by atoms with Gasteiger partial charge < -0.3 is 0 Å². The van der Waals surface area contributed by atoms with Crippen molar-refractivity contribution in [1.29, 1.82) is 0 Å². The smallest absolute Gasteiger partial charge is 0.153 e. The van der Waals surface area contributed by atoms with Gasteiger partial charge in [-0.1, -0.05) is 35.4 Å². The first-order chi connectivity index (χ1) is 12.9. The van der Waals surface area contributed by atoms with E-state index >= 15 is 0 Å². The molecule has 0 bridgehead atoms. The van der Waals surface area contributed by atoms with Gasteiger partial charge in [0.25, 0.3) is 0 Å². The third kappa shape index (κ3) is 4.23. The molecule has 0 radical (unpaired) electrons. The Morgan fingerprint density at radius 1 is 0.963 bits per heavy atom. The second kappa shape index (κ2) is 7.34. The van der Waals surface area contributed by atoms with Gasteiger partial charge >= 0.3 is 0 Å². The molecule has 0 saturated carbocycles. The van der Waals surface area contributed by atoms with Crippen LogP contribution in [0.5, 0.6) is 0 Å². The van der Waals surface area contributed by atoms with Crippen LogP contribution in [0.25, 0.3) is 0 Å². The molecule has 2 atom stereocenters. The summed E-state index contributed by atoms with van der Waals surface area (Å²) in [6.45, 7) is 7.60. The van der Waals surface area contributed by atoms with E-state index in [0.29, 0.717) is 0 Å². The molecule has 2 aliphatic rings. The predicted octanol–water partition coefficient (Wildman–Crippen LogP) is 2.18. The van der Waals surface area contributed by atoms with Crippen molar-refractivity contribution in [2.75, 3.05) is 24.6 Å². The molecule has 0 spiro atoms. The predicted molar refractivity (Wildman–Crippen MR) is 107 cm³/mol. The second-order valence-electron chi connectivity index (χ2n) is 8.01.